The van der Waals surface area contributed by atoms with Crippen LogP contribution in [0.3, 0.4) is 0 Å². The topological polar surface area (TPSA) is 58.2 Å². The highest BCUT2D eigenvalue weighted by atomic mass is 79.9. The Morgan fingerprint density at radius 1 is 1.09 bits per heavy atom. The van der Waals surface area contributed by atoms with Gasteiger partial charge in [0.1, 0.15) is 0 Å². The van der Waals surface area contributed by atoms with E-state index in [4.69, 9.17) is 11.6 Å². The highest BCUT2D eigenvalue weighted by Crippen LogP contribution is 2.20. The Bertz CT molecular complexity index is 771. The maximum atomic E-state index is 13.0. The van der Waals surface area contributed by atoms with E-state index in [2.05, 4.69) is 26.6 Å². The Morgan fingerprint density at radius 3 is 2.52 bits per heavy atom. The van der Waals surface area contributed by atoms with Gasteiger partial charge in [-0.25, -0.2) is 8.78 Å². The summed E-state index contributed by atoms with van der Waals surface area (Å²) in [6.07, 6.45) is 0. The van der Waals surface area contributed by atoms with Gasteiger partial charge in [0.25, 0.3) is 5.91 Å². The first-order chi connectivity index (χ1) is 10.9. The summed E-state index contributed by atoms with van der Waals surface area (Å²) in [4.78, 5) is 23.7. The first kappa shape index (κ1) is 17.4. The second kappa shape index (κ2) is 7.52. The summed E-state index contributed by atoms with van der Waals surface area (Å²) in [6, 6.07) is 7.69. The Balaban J connectivity index is 1.94. The molecule has 0 saturated carbocycles. The Labute approximate surface area is 144 Å². The fourth-order valence-corrected chi connectivity index (χ4v) is 2.27. The van der Waals surface area contributed by atoms with Crippen molar-refractivity contribution in [3.8, 4) is 0 Å². The van der Waals surface area contributed by atoms with E-state index >= 15 is 0 Å². The molecule has 4 nitrogen and oxygen atoms in total. The second-order valence-electron chi connectivity index (χ2n) is 4.48. The monoisotopic (exact) mass is 402 g/mol. The third kappa shape index (κ3) is 4.74. The van der Waals surface area contributed by atoms with Gasteiger partial charge >= 0.3 is 0 Å². The molecule has 0 aliphatic carbocycles. The van der Waals surface area contributed by atoms with E-state index in [-0.39, 0.29) is 22.8 Å². The smallest absolute Gasteiger partial charge is 0.253 e. The Kier molecular flexibility index (Phi) is 5.68. The number of rotatable bonds is 4. The van der Waals surface area contributed by atoms with Gasteiger partial charge in [0.05, 0.1) is 17.1 Å². The van der Waals surface area contributed by atoms with Crippen molar-refractivity contribution in [3.05, 3.63) is 63.1 Å². The lowest BCUT2D eigenvalue weighted by molar-refractivity contribution is -0.115. The van der Waals surface area contributed by atoms with Crippen LogP contribution in [0.15, 0.2) is 40.9 Å². The molecule has 2 N–H and O–H groups in total. The first-order valence-corrected chi connectivity index (χ1v) is 7.52. The molecule has 2 rings (SSSR count). The van der Waals surface area contributed by atoms with Crippen LogP contribution < -0.4 is 10.6 Å². The molecule has 0 bridgehead atoms. The molecule has 2 aromatic carbocycles. The molecule has 2 aromatic rings. The lowest BCUT2D eigenvalue weighted by Gasteiger charge is -2.08. The number of hydrogen-bond donors (Lipinski definition) is 2. The zero-order valence-corrected chi connectivity index (χ0v) is 13.8. The van der Waals surface area contributed by atoms with Gasteiger partial charge in [-0.3, -0.25) is 9.59 Å². The third-order valence-corrected chi connectivity index (χ3v) is 3.61. The molecule has 0 fully saturated rings. The van der Waals surface area contributed by atoms with Gasteiger partial charge in [-0.15, -0.1) is 0 Å². The number of nitrogens with one attached hydrogen (secondary N) is 2. The minimum atomic E-state index is -1.08. The summed E-state index contributed by atoms with van der Waals surface area (Å²) < 4.78 is 26.5. The molecular weight excluding hydrogens is 394 g/mol. The standard InChI is InChI=1S/C15H10BrClF2N2O2/c16-8-1-3-11(17)10(5-8)15(23)20-7-14(22)21-9-2-4-12(18)13(19)6-9/h1-6H,7H2,(H,20,23)(H,21,22). The van der Waals surface area contributed by atoms with Crippen LogP contribution in [0, 0.1) is 11.6 Å². The molecule has 120 valence electrons. The molecule has 0 aliphatic rings. The van der Waals surface area contributed by atoms with Crippen LogP contribution in [-0.2, 0) is 4.79 Å². The molecule has 8 heteroatoms. The van der Waals surface area contributed by atoms with Crippen molar-refractivity contribution < 1.29 is 18.4 Å². The number of benzene rings is 2. The molecule has 0 heterocycles. The van der Waals surface area contributed by atoms with Crippen LogP contribution in [0.2, 0.25) is 5.02 Å². The number of halogens is 4. The molecule has 2 amide bonds. The molecular formula is C15H10BrClF2N2O2. The lowest BCUT2D eigenvalue weighted by atomic mass is 10.2. The summed E-state index contributed by atoms with van der Waals surface area (Å²) in [5, 5.41) is 4.97. The van der Waals surface area contributed by atoms with Gasteiger partial charge in [0.15, 0.2) is 11.6 Å². The lowest BCUT2D eigenvalue weighted by Crippen LogP contribution is -2.33. The van der Waals surface area contributed by atoms with E-state index in [1.807, 2.05) is 0 Å². The van der Waals surface area contributed by atoms with Crippen LogP contribution in [-0.4, -0.2) is 18.4 Å². The van der Waals surface area contributed by atoms with Crippen molar-refractivity contribution in [1.29, 1.82) is 0 Å². The molecule has 0 atom stereocenters. The minimum absolute atomic E-state index is 0.0867. The van der Waals surface area contributed by atoms with Gasteiger partial charge in [-0.2, -0.15) is 0 Å². The predicted octanol–water partition coefficient (Wildman–Crippen LogP) is 3.75. The highest BCUT2D eigenvalue weighted by molar-refractivity contribution is 9.10. The maximum absolute atomic E-state index is 13.0. The molecule has 0 aliphatic heterocycles. The van der Waals surface area contributed by atoms with Crippen molar-refractivity contribution in [3.63, 3.8) is 0 Å². The third-order valence-electron chi connectivity index (χ3n) is 2.79. The fourth-order valence-electron chi connectivity index (χ4n) is 1.71. The molecule has 23 heavy (non-hydrogen) atoms. The SMILES string of the molecule is O=C(CNC(=O)c1cc(Br)ccc1Cl)Nc1ccc(F)c(F)c1. The Hall–Kier alpha value is -1.99. The van der Waals surface area contributed by atoms with Crippen molar-refractivity contribution in [2.75, 3.05) is 11.9 Å². The average Bonchev–Trinajstić information content (AvgIpc) is 2.51. The zero-order valence-electron chi connectivity index (χ0n) is 11.5. The predicted molar refractivity (Wildman–Crippen MR) is 86.5 cm³/mol. The van der Waals surface area contributed by atoms with E-state index in [1.165, 1.54) is 12.1 Å². The molecule has 0 aromatic heterocycles. The summed E-state index contributed by atoms with van der Waals surface area (Å²) in [5.74, 6) is -3.21. The summed E-state index contributed by atoms with van der Waals surface area (Å²) >= 11 is 9.13. The van der Waals surface area contributed by atoms with Gasteiger partial charge in [-0.1, -0.05) is 27.5 Å². The maximum Gasteiger partial charge on any atom is 0.253 e. The largest absolute Gasteiger partial charge is 0.343 e. The van der Waals surface area contributed by atoms with Crippen LogP contribution in [0.4, 0.5) is 14.5 Å². The molecule has 0 radical (unpaired) electrons. The zero-order chi connectivity index (χ0) is 17.0. The van der Waals surface area contributed by atoms with E-state index in [0.717, 1.165) is 12.1 Å². The molecule has 0 saturated heterocycles. The van der Waals surface area contributed by atoms with Crippen molar-refractivity contribution in [2.24, 2.45) is 0 Å². The van der Waals surface area contributed by atoms with Crippen LogP contribution >= 0.6 is 27.5 Å². The first-order valence-electron chi connectivity index (χ1n) is 6.35. The van der Waals surface area contributed by atoms with Crippen LogP contribution in [0.1, 0.15) is 10.4 Å². The molecule has 0 unspecified atom stereocenters. The summed E-state index contributed by atoms with van der Waals surface area (Å²) in [7, 11) is 0. The number of carbonyl (C=O) groups is 2. The van der Waals surface area contributed by atoms with Gasteiger partial charge in [0.2, 0.25) is 5.91 Å². The molecule has 0 spiro atoms. The van der Waals surface area contributed by atoms with Crippen molar-refractivity contribution >= 4 is 45.0 Å². The average molecular weight is 404 g/mol. The number of carbonyl (C=O) groups excluding carboxylic acids is 2. The van der Waals surface area contributed by atoms with Gasteiger partial charge in [0, 0.05) is 16.2 Å². The van der Waals surface area contributed by atoms with Crippen LogP contribution in [0.5, 0.6) is 0 Å². The Morgan fingerprint density at radius 2 is 1.83 bits per heavy atom. The van der Waals surface area contributed by atoms with Crippen molar-refractivity contribution in [1.82, 2.24) is 5.32 Å². The second-order valence-corrected chi connectivity index (χ2v) is 5.81. The highest BCUT2D eigenvalue weighted by Gasteiger charge is 2.13. The minimum Gasteiger partial charge on any atom is -0.343 e. The van der Waals surface area contributed by atoms with E-state index in [9.17, 15) is 18.4 Å². The number of hydrogen-bond acceptors (Lipinski definition) is 2. The summed E-state index contributed by atoms with van der Waals surface area (Å²) in [5.41, 5.74) is 0.297. The number of anilines is 1. The van der Waals surface area contributed by atoms with Crippen LogP contribution in [0.25, 0.3) is 0 Å². The number of amides is 2. The quantitative estimate of drug-likeness (QED) is 0.817. The normalized spacial score (nSPS) is 10.3. The van der Waals surface area contributed by atoms with E-state index in [1.54, 1.807) is 12.1 Å². The van der Waals surface area contributed by atoms with E-state index in [0.29, 0.717) is 4.47 Å². The van der Waals surface area contributed by atoms with Gasteiger partial charge < -0.3 is 10.6 Å². The van der Waals surface area contributed by atoms with Gasteiger partial charge in [-0.05, 0) is 30.3 Å². The fraction of sp³-hybridized carbons (Fsp3) is 0.0667. The van der Waals surface area contributed by atoms with E-state index < -0.39 is 23.4 Å². The van der Waals surface area contributed by atoms with Crippen molar-refractivity contribution in [2.45, 2.75) is 0 Å². The summed E-state index contributed by atoms with van der Waals surface area (Å²) in [6.45, 7) is -0.347.